The van der Waals surface area contributed by atoms with Crippen LogP contribution in [-0.2, 0) is 4.79 Å². The third kappa shape index (κ3) is 3.49. The van der Waals surface area contributed by atoms with Crippen molar-refractivity contribution in [1.82, 2.24) is 19.8 Å². The summed E-state index contributed by atoms with van der Waals surface area (Å²) in [7, 11) is 0. The number of nitrogens with one attached hydrogen (secondary N) is 1. The van der Waals surface area contributed by atoms with Gasteiger partial charge in [0.25, 0.3) is 17.6 Å². The molecule has 3 heterocycles. The minimum absolute atomic E-state index is 0.0784. The van der Waals surface area contributed by atoms with Crippen molar-refractivity contribution in [2.45, 2.75) is 13.0 Å². The van der Waals surface area contributed by atoms with E-state index in [9.17, 15) is 14.4 Å². The molecule has 0 saturated carbocycles. The van der Waals surface area contributed by atoms with E-state index >= 15 is 0 Å². The molecule has 148 valence electrons. The first-order valence-corrected chi connectivity index (χ1v) is 9.66. The Kier molecular flexibility index (Phi) is 5.07. The Morgan fingerprint density at radius 2 is 1.90 bits per heavy atom. The van der Waals surface area contributed by atoms with Crippen LogP contribution in [0.5, 0.6) is 0 Å². The number of aromatic nitrogens is 2. The fraction of sp³-hybridized carbons (Fsp3) is 0.238. The highest BCUT2D eigenvalue weighted by atomic mass is 35.5. The quantitative estimate of drug-likeness (QED) is 0.531. The summed E-state index contributed by atoms with van der Waals surface area (Å²) in [6.45, 7) is 2.86. The molecule has 29 heavy (non-hydrogen) atoms. The molecule has 4 rings (SSSR count). The molecule has 0 unspecified atom stereocenters. The number of Topliss-reactive ketones (excluding diaryl/α,β-unsaturated/α-hetero) is 1. The van der Waals surface area contributed by atoms with Gasteiger partial charge in [0.1, 0.15) is 5.65 Å². The number of carbonyl (C=O) groups excluding carboxylic acids is 3. The second-order valence-corrected chi connectivity index (χ2v) is 7.42. The zero-order valence-corrected chi connectivity index (χ0v) is 16.5. The highest BCUT2D eigenvalue weighted by molar-refractivity contribution is 6.46. The summed E-state index contributed by atoms with van der Waals surface area (Å²) in [5.41, 5.74) is 1.27. The smallest absolute Gasteiger partial charge is 0.295 e. The second-order valence-electron chi connectivity index (χ2n) is 7.01. The van der Waals surface area contributed by atoms with Crippen molar-refractivity contribution in [2.75, 3.05) is 19.6 Å². The van der Waals surface area contributed by atoms with Crippen LogP contribution in [0.25, 0.3) is 11.0 Å². The Morgan fingerprint density at radius 3 is 2.62 bits per heavy atom. The summed E-state index contributed by atoms with van der Waals surface area (Å²) < 4.78 is 0. The zero-order valence-electron chi connectivity index (χ0n) is 15.8. The molecule has 1 aromatic carbocycles. The molecule has 0 spiro atoms. The fourth-order valence-electron chi connectivity index (χ4n) is 3.65. The van der Waals surface area contributed by atoms with Crippen molar-refractivity contribution in [2.24, 2.45) is 0 Å². The Labute approximate surface area is 172 Å². The first-order valence-electron chi connectivity index (χ1n) is 9.28. The van der Waals surface area contributed by atoms with Gasteiger partial charge in [0.15, 0.2) is 0 Å². The van der Waals surface area contributed by atoms with Gasteiger partial charge in [0, 0.05) is 49.0 Å². The van der Waals surface area contributed by atoms with Crippen molar-refractivity contribution in [3.63, 3.8) is 0 Å². The molecule has 1 aliphatic rings. The lowest BCUT2D eigenvalue weighted by Gasteiger charge is -2.39. The number of amides is 2. The number of nitrogens with zero attached hydrogens (tertiary/aromatic N) is 3. The molecule has 1 atom stereocenters. The average molecular weight is 411 g/mol. The van der Waals surface area contributed by atoms with Gasteiger partial charge in [0.2, 0.25) is 0 Å². The van der Waals surface area contributed by atoms with E-state index in [-0.39, 0.29) is 17.5 Å². The topological polar surface area (TPSA) is 86.4 Å². The van der Waals surface area contributed by atoms with Crippen molar-refractivity contribution in [1.29, 1.82) is 0 Å². The van der Waals surface area contributed by atoms with Crippen molar-refractivity contribution in [3.8, 4) is 0 Å². The van der Waals surface area contributed by atoms with E-state index in [1.807, 2.05) is 25.1 Å². The summed E-state index contributed by atoms with van der Waals surface area (Å²) in [5, 5.41) is 0.803. The maximum absolute atomic E-state index is 12.9. The Balaban J connectivity index is 1.50. The van der Waals surface area contributed by atoms with Gasteiger partial charge in [-0.3, -0.25) is 14.4 Å². The first-order chi connectivity index (χ1) is 14.0. The first kappa shape index (κ1) is 19.1. The van der Waals surface area contributed by atoms with Gasteiger partial charge in [-0.2, -0.15) is 0 Å². The number of ketones is 1. The number of hydrogen-bond acceptors (Lipinski definition) is 4. The maximum Gasteiger partial charge on any atom is 0.295 e. The Bertz CT molecular complexity index is 1100. The number of pyridine rings is 1. The van der Waals surface area contributed by atoms with Gasteiger partial charge < -0.3 is 14.8 Å². The lowest BCUT2D eigenvalue weighted by atomic mass is 10.1. The number of piperazine rings is 1. The van der Waals surface area contributed by atoms with Crippen LogP contribution in [-0.4, -0.2) is 63.0 Å². The van der Waals surface area contributed by atoms with E-state index in [2.05, 4.69) is 9.97 Å². The van der Waals surface area contributed by atoms with E-state index in [0.29, 0.717) is 41.3 Å². The number of carbonyl (C=O) groups is 3. The summed E-state index contributed by atoms with van der Waals surface area (Å²) in [4.78, 5) is 48.7. The molecular weight excluding hydrogens is 392 g/mol. The standard InChI is InChI=1S/C21H19ClN4O3/c1-13-12-25(20(28)14-5-3-2-4-6-14)9-10-26(13)21(29)18(27)15-11-24-19-17(15)16(22)7-8-23-19/h2-8,11,13H,9-10,12H2,1H3,(H,23,24)/t13-/m1/s1. The van der Waals surface area contributed by atoms with Crippen molar-refractivity contribution in [3.05, 3.63) is 64.9 Å². The molecule has 1 aliphatic heterocycles. The predicted octanol–water partition coefficient (Wildman–Crippen LogP) is 2.77. The largest absolute Gasteiger partial charge is 0.345 e. The summed E-state index contributed by atoms with van der Waals surface area (Å²) in [6, 6.07) is 10.3. The van der Waals surface area contributed by atoms with Crippen LogP contribution in [0.15, 0.2) is 48.8 Å². The lowest BCUT2D eigenvalue weighted by Crippen LogP contribution is -2.56. The molecule has 0 aliphatic carbocycles. The van der Waals surface area contributed by atoms with Gasteiger partial charge in [0.05, 0.1) is 10.6 Å². The monoisotopic (exact) mass is 410 g/mol. The minimum Gasteiger partial charge on any atom is -0.345 e. The number of halogens is 1. The van der Waals surface area contributed by atoms with E-state index < -0.39 is 11.7 Å². The minimum atomic E-state index is -0.638. The number of H-pyrrole nitrogens is 1. The molecule has 8 heteroatoms. The van der Waals surface area contributed by atoms with Crippen LogP contribution in [0.2, 0.25) is 5.02 Å². The third-order valence-electron chi connectivity index (χ3n) is 5.16. The van der Waals surface area contributed by atoms with Crippen molar-refractivity contribution < 1.29 is 14.4 Å². The molecule has 1 saturated heterocycles. The van der Waals surface area contributed by atoms with Gasteiger partial charge in [-0.25, -0.2) is 4.98 Å². The lowest BCUT2D eigenvalue weighted by molar-refractivity contribution is -0.130. The SMILES string of the molecule is C[C@@H]1CN(C(=O)c2ccccc2)CCN1C(=O)C(=O)c1c[nH]c2nccc(Cl)c12. The maximum atomic E-state index is 12.9. The van der Waals surface area contributed by atoms with E-state index in [4.69, 9.17) is 11.6 Å². The average Bonchev–Trinajstić information content (AvgIpc) is 3.18. The number of hydrogen-bond donors (Lipinski definition) is 1. The highest BCUT2D eigenvalue weighted by Gasteiger charge is 2.34. The fourth-order valence-corrected chi connectivity index (χ4v) is 3.90. The van der Waals surface area contributed by atoms with Crippen molar-refractivity contribution >= 4 is 40.2 Å². The predicted molar refractivity (Wildman–Crippen MR) is 109 cm³/mol. The van der Waals surface area contributed by atoms with Crippen LogP contribution < -0.4 is 0 Å². The molecule has 2 amide bonds. The van der Waals surface area contributed by atoms with Gasteiger partial charge in [-0.15, -0.1) is 0 Å². The van der Waals surface area contributed by atoms with Crippen LogP contribution in [0, 0.1) is 0 Å². The zero-order chi connectivity index (χ0) is 20.5. The molecule has 1 N–H and O–H groups in total. The van der Waals surface area contributed by atoms with Gasteiger partial charge >= 0.3 is 0 Å². The van der Waals surface area contributed by atoms with E-state index in [1.165, 1.54) is 17.3 Å². The normalized spacial score (nSPS) is 16.8. The molecule has 2 aromatic heterocycles. The summed E-state index contributed by atoms with van der Waals surface area (Å²) >= 11 is 6.20. The second kappa shape index (κ2) is 7.67. The number of aromatic amines is 1. The van der Waals surface area contributed by atoms with Crippen LogP contribution >= 0.6 is 11.6 Å². The molecule has 0 bridgehead atoms. The molecule has 3 aromatic rings. The van der Waals surface area contributed by atoms with Crippen LogP contribution in [0.3, 0.4) is 0 Å². The third-order valence-corrected chi connectivity index (χ3v) is 5.47. The molecule has 0 radical (unpaired) electrons. The highest BCUT2D eigenvalue weighted by Crippen LogP contribution is 2.26. The van der Waals surface area contributed by atoms with Crippen LogP contribution in [0.1, 0.15) is 27.6 Å². The van der Waals surface area contributed by atoms with Gasteiger partial charge in [-0.1, -0.05) is 29.8 Å². The molecule has 7 nitrogen and oxygen atoms in total. The van der Waals surface area contributed by atoms with E-state index in [0.717, 1.165) is 0 Å². The summed E-state index contributed by atoms with van der Waals surface area (Å²) in [6.07, 6.45) is 2.99. The van der Waals surface area contributed by atoms with Crippen LogP contribution in [0.4, 0.5) is 0 Å². The molecule has 1 fully saturated rings. The summed E-state index contributed by atoms with van der Waals surface area (Å²) in [5.74, 6) is -1.32. The Morgan fingerprint density at radius 1 is 1.14 bits per heavy atom. The van der Waals surface area contributed by atoms with Gasteiger partial charge in [-0.05, 0) is 25.1 Å². The number of benzene rings is 1. The number of rotatable bonds is 3. The number of fused-ring (bicyclic) bond motifs is 1. The Hall–Kier alpha value is -3.19. The molecular formula is C21H19ClN4O3. The van der Waals surface area contributed by atoms with E-state index in [1.54, 1.807) is 23.1 Å².